The fraction of sp³-hybridized carbons (Fsp3) is 0.826. The number of carboxylic acid groups (broad SMARTS) is 2. The van der Waals surface area contributed by atoms with Crippen LogP contribution in [-0.2, 0) is 23.9 Å². The van der Waals surface area contributed by atoms with Crippen molar-refractivity contribution in [2.75, 3.05) is 0 Å². The van der Waals surface area contributed by atoms with Gasteiger partial charge in [-0.15, -0.1) is 0 Å². The lowest BCUT2D eigenvalue weighted by Crippen LogP contribution is -2.56. The van der Waals surface area contributed by atoms with E-state index in [-0.39, 0.29) is 32.1 Å². The second kappa shape index (κ2) is 9.94. The number of rotatable bonds is 10. The highest BCUT2D eigenvalue weighted by Gasteiger charge is 2.59. The maximum atomic E-state index is 12.7. The first-order chi connectivity index (χ1) is 13.7. The van der Waals surface area contributed by atoms with Crippen molar-refractivity contribution in [1.29, 1.82) is 0 Å². The Hall–Kier alpha value is -2.21. The van der Waals surface area contributed by atoms with Crippen LogP contribution in [0.25, 0.3) is 0 Å². The number of esters is 1. The molecule has 2 N–H and O–H groups in total. The van der Waals surface area contributed by atoms with Gasteiger partial charge in [-0.3, -0.25) is 14.4 Å². The van der Waals surface area contributed by atoms with E-state index in [2.05, 4.69) is 4.99 Å². The summed E-state index contributed by atoms with van der Waals surface area (Å²) < 4.78 is 5.34. The number of hydrogen-bond acceptors (Lipinski definition) is 6. The van der Waals surface area contributed by atoms with Crippen molar-refractivity contribution in [3.05, 3.63) is 0 Å². The summed E-state index contributed by atoms with van der Waals surface area (Å²) in [4.78, 5) is 51.7. The van der Waals surface area contributed by atoms with Crippen LogP contribution in [0.15, 0.2) is 4.99 Å². The van der Waals surface area contributed by atoms with E-state index in [1.54, 1.807) is 62.3 Å². The van der Waals surface area contributed by atoms with Gasteiger partial charge in [0.05, 0.1) is 11.0 Å². The van der Waals surface area contributed by atoms with Gasteiger partial charge in [-0.2, -0.15) is 4.99 Å². The molecule has 0 heterocycles. The van der Waals surface area contributed by atoms with E-state index in [0.29, 0.717) is 0 Å². The second-order valence-electron chi connectivity index (χ2n) is 11.3. The summed E-state index contributed by atoms with van der Waals surface area (Å²) in [5.41, 5.74) is -5.02. The van der Waals surface area contributed by atoms with Gasteiger partial charge in [0.1, 0.15) is 5.60 Å². The zero-order chi connectivity index (χ0) is 24.9. The smallest absolute Gasteiger partial charge is 0.310 e. The number of isocyanates is 1. The number of carbonyl (C=O) groups is 3. The lowest BCUT2D eigenvalue weighted by molar-refractivity contribution is -0.172. The first-order valence-corrected chi connectivity index (χ1v) is 10.5. The van der Waals surface area contributed by atoms with Crippen molar-refractivity contribution in [3.8, 4) is 0 Å². The van der Waals surface area contributed by atoms with Crippen LogP contribution in [-0.4, -0.2) is 45.3 Å². The Morgan fingerprint density at radius 2 is 1.29 bits per heavy atom. The van der Waals surface area contributed by atoms with Crippen molar-refractivity contribution in [2.24, 2.45) is 21.2 Å². The molecule has 0 radical (unpaired) electrons. The Morgan fingerprint density at radius 3 is 1.61 bits per heavy atom. The second-order valence-corrected chi connectivity index (χ2v) is 11.3. The van der Waals surface area contributed by atoms with Gasteiger partial charge >= 0.3 is 17.9 Å². The quantitative estimate of drug-likeness (QED) is 0.288. The Bertz CT molecular complexity index is 702. The summed E-state index contributed by atoms with van der Waals surface area (Å²) >= 11 is 0. The molecule has 0 aromatic rings. The van der Waals surface area contributed by atoms with E-state index in [1.807, 2.05) is 0 Å². The normalized spacial score (nSPS) is 14.9. The van der Waals surface area contributed by atoms with E-state index < -0.39 is 45.3 Å². The van der Waals surface area contributed by atoms with Gasteiger partial charge in [-0.25, -0.2) is 4.79 Å². The molecule has 0 spiro atoms. The maximum absolute atomic E-state index is 12.7. The summed E-state index contributed by atoms with van der Waals surface area (Å²) in [6, 6.07) is 0. The molecule has 0 aliphatic carbocycles. The number of ether oxygens (including phenoxy) is 1. The topological polar surface area (TPSA) is 130 Å². The highest BCUT2D eigenvalue weighted by atomic mass is 16.6. The van der Waals surface area contributed by atoms with E-state index in [4.69, 9.17) is 4.74 Å². The minimum atomic E-state index is -1.39. The molecule has 0 aromatic heterocycles. The van der Waals surface area contributed by atoms with Crippen molar-refractivity contribution in [2.45, 2.75) is 106 Å². The van der Waals surface area contributed by atoms with Crippen LogP contribution in [0.5, 0.6) is 0 Å². The first-order valence-electron chi connectivity index (χ1n) is 10.5. The monoisotopic (exact) mass is 441 g/mol. The fourth-order valence-corrected chi connectivity index (χ4v) is 4.48. The van der Waals surface area contributed by atoms with Crippen LogP contribution in [0.4, 0.5) is 0 Å². The van der Waals surface area contributed by atoms with Crippen LogP contribution < -0.4 is 0 Å². The molecule has 8 heteroatoms. The predicted octanol–water partition coefficient (Wildman–Crippen LogP) is 4.60. The average Bonchev–Trinajstić information content (AvgIpc) is 2.51. The third-order valence-electron chi connectivity index (χ3n) is 5.82. The van der Waals surface area contributed by atoms with Gasteiger partial charge in [0.15, 0.2) is 0 Å². The zero-order valence-electron chi connectivity index (χ0n) is 20.4. The number of hydrogen-bond donors (Lipinski definition) is 2. The molecule has 1 atom stereocenters. The molecule has 0 aliphatic heterocycles. The minimum absolute atomic E-state index is 0.0222. The number of nitrogens with zero attached hydrogens (tertiary/aromatic N) is 1. The van der Waals surface area contributed by atoms with E-state index in [1.165, 1.54) is 6.08 Å². The molecule has 0 aliphatic rings. The van der Waals surface area contributed by atoms with E-state index in [0.717, 1.165) is 0 Å². The summed E-state index contributed by atoms with van der Waals surface area (Å²) in [5, 5.41) is 19.6. The number of aliphatic carboxylic acids is 2. The average molecular weight is 442 g/mol. The number of carbonyl (C=O) groups excluding carboxylic acids is 2. The van der Waals surface area contributed by atoms with Crippen molar-refractivity contribution in [3.63, 3.8) is 0 Å². The van der Waals surface area contributed by atoms with Gasteiger partial charge in [0.25, 0.3) is 0 Å². The van der Waals surface area contributed by atoms with Gasteiger partial charge in [-0.05, 0) is 50.9 Å². The molecule has 0 aromatic carbocycles. The Labute approximate surface area is 185 Å². The molecule has 1 unspecified atom stereocenters. The summed E-state index contributed by atoms with van der Waals surface area (Å²) in [6.45, 7) is 16.0. The van der Waals surface area contributed by atoms with E-state index >= 15 is 0 Å². The third kappa shape index (κ3) is 7.76. The van der Waals surface area contributed by atoms with Gasteiger partial charge in [-0.1, -0.05) is 41.5 Å². The van der Waals surface area contributed by atoms with Crippen LogP contribution in [0.1, 0.15) is 94.4 Å². The molecular formula is C23H39NO7. The Kier molecular flexibility index (Phi) is 9.23. The van der Waals surface area contributed by atoms with Gasteiger partial charge in [0.2, 0.25) is 6.08 Å². The van der Waals surface area contributed by atoms with Gasteiger partial charge in [0, 0.05) is 12.8 Å². The van der Waals surface area contributed by atoms with Crippen LogP contribution in [0, 0.1) is 16.2 Å². The maximum Gasteiger partial charge on any atom is 0.310 e. The van der Waals surface area contributed by atoms with Crippen molar-refractivity contribution in [1.82, 2.24) is 0 Å². The van der Waals surface area contributed by atoms with Crippen molar-refractivity contribution < 1.29 is 34.1 Å². The van der Waals surface area contributed by atoms with Crippen LogP contribution in [0.3, 0.4) is 0 Å². The molecule has 0 fully saturated rings. The largest absolute Gasteiger partial charge is 0.481 e. The van der Waals surface area contributed by atoms with Crippen LogP contribution in [0.2, 0.25) is 0 Å². The van der Waals surface area contributed by atoms with Gasteiger partial charge < -0.3 is 14.9 Å². The third-order valence-corrected chi connectivity index (χ3v) is 5.82. The lowest BCUT2D eigenvalue weighted by atomic mass is 9.50. The Balaban J connectivity index is 6.50. The standard InChI is InChI=1S/C23H39NO7/c1-19(2,3)23(18(29)30,20(4,5)6)14-22(24-15-25,12-10-16(26)27)13-11-17(28)31-21(7,8)9/h10-14H2,1-9H3,(H,26,27)(H,29,30). The molecule has 8 nitrogen and oxygen atoms in total. The van der Waals surface area contributed by atoms with Crippen molar-refractivity contribution >= 4 is 24.0 Å². The van der Waals surface area contributed by atoms with Crippen LogP contribution >= 0.6 is 0 Å². The minimum Gasteiger partial charge on any atom is -0.481 e. The molecule has 0 amide bonds. The molecular weight excluding hydrogens is 402 g/mol. The molecule has 0 saturated carbocycles. The number of aliphatic imine (C=N–C) groups is 1. The molecule has 0 bridgehead atoms. The highest BCUT2D eigenvalue weighted by molar-refractivity contribution is 5.77. The highest BCUT2D eigenvalue weighted by Crippen LogP contribution is 2.57. The fourth-order valence-electron chi connectivity index (χ4n) is 4.48. The number of carboxylic acids is 2. The summed E-state index contributed by atoms with van der Waals surface area (Å²) in [5.74, 6) is -2.69. The lowest BCUT2D eigenvalue weighted by Gasteiger charge is -2.53. The molecule has 0 rings (SSSR count). The summed E-state index contributed by atoms with van der Waals surface area (Å²) in [7, 11) is 0. The predicted molar refractivity (Wildman–Crippen MR) is 116 cm³/mol. The molecule has 0 saturated heterocycles. The Morgan fingerprint density at radius 1 is 0.839 bits per heavy atom. The van der Waals surface area contributed by atoms with E-state index in [9.17, 15) is 29.4 Å². The first kappa shape index (κ1) is 28.8. The summed E-state index contributed by atoms with van der Waals surface area (Å²) in [6.07, 6.45) is 0.808. The zero-order valence-corrected chi connectivity index (χ0v) is 20.4. The molecule has 178 valence electrons. The SMILES string of the molecule is CC(C)(C)OC(=O)CCC(CCC(=O)O)(CC(C(=O)O)(C(C)(C)C)C(C)(C)C)N=C=O. The molecule has 31 heavy (non-hydrogen) atoms.